The molecule has 8 heteroatoms. The summed E-state index contributed by atoms with van der Waals surface area (Å²) >= 11 is 0. The zero-order valence-corrected chi connectivity index (χ0v) is 14.9. The van der Waals surface area contributed by atoms with Gasteiger partial charge in [-0.2, -0.15) is 9.57 Å². The van der Waals surface area contributed by atoms with Crippen LogP contribution < -0.4 is 0 Å². The summed E-state index contributed by atoms with van der Waals surface area (Å²) in [6.07, 6.45) is 3.64. The molecule has 0 radical (unpaired) electrons. The van der Waals surface area contributed by atoms with Crippen LogP contribution in [0.15, 0.2) is 53.7 Å². The lowest BCUT2D eigenvalue weighted by atomic mass is 10.2. The number of carbonyl (C=O) groups excluding carboxylic acids is 1. The predicted molar refractivity (Wildman–Crippen MR) is 94.7 cm³/mol. The van der Waals surface area contributed by atoms with Crippen molar-refractivity contribution in [3.8, 4) is 6.07 Å². The van der Waals surface area contributed by atoms with Crippen LogP contribution in [0.4, 0.5) is 0 Å². The summed E-state index contributed by atoms with van der Waals surface area (Å²) in [6, 6.07) is 11.4. The molecule has 134 valence electrons. The lowest BCUT2D eigenvalue weighted by Gasteiger charge is -2.22. The third kappa shape index (κ3) is 3.59. The first-order valence-electron chi connectivity index (χ1n) is 8.22. The van der Waals surface area contributed by atoms with Crippen molar-refractivity contribution < 1.29 is 13.2 Å². The molecule has 1 fully saturated rings. The first kappa shape index (κ1) is 18.0. The third-order valence-electron chi connectivity index (χ3n) is 4.29. The van der Waals surface area contributed by atoms with Crippen LogP contribution in [0.1, 0.15) is 22.3 Å². The molecule has 0 bridgehead atoms. The number of rotatable bonds is 3. The van der Waals surface area contributed by atoms with Gasteiger partial charge in [0.25, 0.3) is 5.91 Å². The topological polar surface area (TPSA) is 94.4 Å². The molecular formula is C18H18N4O3S. The van der Waals surface area contributed by atoms with Gasteiger partial charge in [0, 0.05) is 44.1 Å². The van der Waals surface area contributed by atoms with Gasteiger partial charge in [0.05, 0.1) is 10.5 Å². The van der Waals surface area contributed by atoms with Crippen LogP contribution >= 0.6 is 0 Å². The molecule has 1 aliphatic rings. The van der Waals surface area contributed by atoms with Gasteiger partial charge in [0.1, 0.15) is 6.07 Å². The molecule has 0 saturated carbocycles. The molecule has 1 saturated heterocycles. The van der Waals surface area contributed by atoms with Gasteiger partial charge in [0.15, 0.2) is 0 Å². The highest BCUT2D eigenvalue weighted by atomic mass is 32.2. The summed E-state index contributed by atoms with van der Waals surface area (Å²) in [6.45, 7) is 1.28. The fraction of sp³-hybridized carbons (Fsp3) is 0.278. The van der Waals surface area contributed by atoms with Gasteiger partial charge in [-0.25, -0.2) is 8.42 Å². The zero-order chi connectivity index (χ0) is 18.6. The van der Waals surface area contributed by atoms with Crippen molar-refractivity contribution in [2.75, 3.05) is 26.2 Å². The van der Waals surface area contributed by atoms with Crippen LogP contribution in [0, 0.1) is 11.3 Å². The summed E-state index contributed by atoms with van der Waals surface area (Å²) in [5.74, 6) is -0.135. The van der Waals surface area contributed by atoms with E-state index < -0.39 is 10.0 Å². The highest BCUT2D eigenvalue weighted by Gasteiger charge is 2.30. The Morgan fingerprint density at radius 2 is 1.77 bits per heavy atom. The van der Waals surface area contributed by atoms with Gasteiger partial charge in [-0.15, -0.1) is 0 Å². The number of amides is 1. The molecule has 1 aromatic carbocycles. The second kappa shape index (κ2) is 7.64. The second-order valence-electron chi connectivity index (χ2n) is 5.89. The fourth-order valence-electron chi connectivity index (χ4n) is 2.94. The van der Waals surface area contributed by atoms with E-state index in [9.17, 15) is 18.5 Å². The van der Waals surface area contributed by atoms with Crippen molar-refractivity contribution >= 4 is 15.9 Å². The Kier molecular flexibility index (Phi) is 5.30. The first-order chi connectivity index (χ1) is 12.5. The van der Waals surface area contributed by atoms with Crippen molar-refractivity contribution in [3.05, 3.63) is 59.9 Å². The van der Waals surface area contributed by atoms with Crippen LogP contribution in [0.5, 0.6) is 0 Å². The van der Waals surface area contributed by atoms with Gasteiger partial charge in [-0.1, -0.05) is 12.1 Å². The smallest absolute Gasteiger partial charge is 0.254 e. The number of sulfonamides is 1. The zero-order valence-electron chi connectivity index (χ0n) is 14.1. The number of pyridine rings is 1. The lowest BCUT2D eigenvalue weighted by molar-refractivity contribution is 0.0764. The van der Waals surface area contributed by atoms with Crippen molar-refractivity contribution in [1.29, 1.82) is 5.26 Å². The van der Waals surface area contributed by atoms with Crippen molar-refractivity contribution in [1.82, 2.24) is 14.2 Å². The van der Waals surface area contributed by atoms with Gasteiger partial charge in [0.2, 0.25) is 10.0 Å². The summed E-state index contributed by atoms with van der Waals surface area (Å²) in [5.41, 5.74) is 0.660. The Hall–Kier alpha value is -2.76. The van der Waals surface area contributed by atoms with E-state index in [1.165, 1.54) is 16.4 Å². The Labute approximate surface area is 152 Å². The summed E-state index contributed by atoms with van der Waals surface area (Å²) in [7, 11) is -3.78. The lowest BCUT2D eigenvalue weighted by Crippen LogP contribution is -2.37. The fourth-order valence-corrected chi connectivity index (χ4v) is 4.55. The van der Waals surface area contributed by atoms with E-state index in [-0.39, 0.29) is 22.9 Å². The van der Waals surface area contributed by atoms with Crippen molar-refractivity contribution in [3.63, 3.8) is 0 Å². The van der Waals surface area contributed by atoms with Crippen LogP contribution in [-0.2, 0) is 10.0 Å². The monoisotopic (exact) mass is 370 g/mol. The van der Waals surface area contributed by atoms with Gasteiger partial charge in [-0.3, -0.25) is 9.78 Å². The van der Waals surface area contributed by atoms with E-state index in [1.807, 2.05) is 6.07 Å². The summed E-state index contributed by atoms with van der Waals surface area (Å²) in [4.78, 5) is 18.1. The Morgan fingerprint density at radius 3 is 2.50 bits per heavy atom. The average molecular weight is 370 g/mol. The van der Waals surface area contributed by atoms with Crippen LogP contribution in [0.2, 0.25) is 0 Å². The van der Waals surface area contributed by atoms with Crippen LogP contribution in [0.3, 0.4) is 0 Å². The number of nitriles is 1. The number of aromatic nitrogens is 1. The highest BCUT2D eigenvalue weighted by molar-refractivity contribution is 7.89. The number of hydrogen-bond acceptors (Lipinski definition) is 5. The van der Waals surface area contributed by atoms with Crippen molar-refractivity contribution in [2.24, 2.45) is 0 Å². The molecule has 1 aliphatic heterocycles. The molecule has 2 heterocycles. The van der Waals surface area contributed by atoms with Gasteiger partial charge in [-0.05, 0) is 30.7 Å². The maximum Gasteiger partial charge on any atom is 0.254 e. The molecule has 1 aromatic heterocycles. The molecule has 0 unspecified atom stereocenters. The second-order valence-corrected chi connectivity index (χ2v) is 7.80. The minimum Gasteiger partial charge on any atom is -0.337 e. The normalized spacial score (nSPS) is 15.9. The molecule has 0 atom stereocenters. The van der Waals surface area contributed by atoms with Crippen LogP contribution in [-0.4, -0.2) is 54.7 Å². The number of hydrogen-bond donors (Lipinski definition) is 0. The van der Waals surface area contributed by atoms with E-state index in [4.69, 9.17) is 0 Å². The van der Waals surface area contributed by atoms with E-state index in [2.05, 4.69) is 4.98 Å². The molecular weight excluding hydrogens is 352 g/mol. The molecule has 26 heavy (non-hydrogen) atoms. The predicted octanol–water partition coefficient (Wildman–Crippen LogP) is 1.49. The standard InChI is InChI=1S/C18H18N4O3S/c19-14-16-4-1-2-5-17(16)26(24,25)22-11-3-10-21(12-13-22)18(23)15-6-8-20-9-7-15/h1-2,4-9H,3,10-13H2. The number of carbonyl (C=O) groups is 1. The molecule has 3 rings (SSSR count). The highest BCUT2D eigenvalue weighted by Crippen LogP contribution is 2.21. The third-order valence-corrected chi connectivity index (χ3v) is 6.25. The number of benzene rings is 1. The maximum absolute atomic E-state index is 12.9. The molecule has 7 nitrogen and oxygen atoms in total. The molecule has 2 aromatic rings. The van der Waals surface area contributed by atoms with E-state index in [0.717, 1.165) is 0 Å². The SMILES string of the molecule is N#Cc1ccccc1S(=O)(=O)N1CCCN(C(=O)c2ccncc2)CC1. The van der Waals surface area contributed by atoms with E-state index >= 15 is 0 Å². The first-order valence-corrected chi connectivity index (χ1v) is 9.66. The van der Waals surface area contributed by atoms with Crippen molar-refractivity contribution in [2.45, 2.75) is 11.3 Å². The number of nitrogens with zero attached hydrogens (tertiary/aromatic N) is 4. The van der Waals surface area contributed by atoms with Gasteiger partial charge < -0.3 is 4.90 Å². The maximum atomic E-state index is 12.9. The molecule has 1 amide bonds. The quantitative estimate of drug-likeness (QED) is 0.816. The van der Waals surface area contributed by atoms with Crippen LogP contribution in [0.25, 0.3) is 0 Å². The van der Waals surface area contributed by atoms with Gasteiger partial charge >= 0.3 is 0 Å². The Balaban J connectivity index is 1.78. The Bertz CT molecular complexity index is 938. The van der Waals surface area contributed by atoms with E-state index in [1.54, 1.807) is 41.6 Å². The minimum absolute atomic E-state index is 0.0106. The molecule has 0 spiro atoms. The largest absolute Gasteiger partial charge is 0.337 e. The summed E-state index contributed by atoms with van der Waals surface area (Å²) < 4.78 is 27.2. The minimum atomic E-state index is -3.78. The molecule has 0 N–H and O–H groups in total. The average Bonchev–Trinajstić information content (AvgIpc) is 2.95. The van der Waals surface area contributed by atoms with E-state index in [0.29, 0.717) is 31.6 Å². The molecule has 0 aliphatic carbocycles. The summed E-state index contributed by atoms with van der Waals surface area (Å²) in [5, 5.41) is 9.19. The Morgan fingerprint density at radius 1 is 1.04 bits per heavy atom.